The molecule has 1 N–H and O–H groups in total. The first-order valence-electron chi connectivity index (χ1n) is 10.9. The van der Waals surface area contributed by atoms with Crippen LogP contribution in [0.4, 0.5) is 0 Å². The molecule has 0 saturated heterocycles. The molecular formula is C26H24N6O2. The Kier molecular flexibility index (Phi) is 4.87. The molecule has 5 rings (SSSR count). The van der Waals surface area contributed by atoms with Crippen molar-refractivity contribution in [3.63, 3.8) is 0 Å². The number of rotatable bonds is 4. The topological polar surface area (TPSA) is 114 Å². The number of fused-ring (bicyclic) bond motifs is 3. The van der Waals surface area contributed by atoms with E-state index in [1.165, 1.54) is 0 Å². The number of pyridine rings is 1. The van der Waals surface area contributed by atoms with Gasteiger partial charge in [-0.1, -0.05) is 5.16 Å². The lowest BCUT2D eigenvalue weighted by molar-refractivity contribution is 0.393. The van der Waals surface area contributed by atoms with Crippen molar-refractivity contribution in [2.45, 2.75) is 40.0 Å². The summed E-state index contributed by atoms with van der Waals surface area (Å²) in [4.78, 5) is 17.3. The third-order valence-corrected chi connectivity index (χ3v) is 6.14. The quantitative estimate of drug-likeness (QED) is 0.379. The SMILES string of the molecule is COc1cc2c(cc1-c1c(C)noc1C)[nH]c1nc(C)nc(-c3ccnc(C(C)(C)C#N)c3)c12. The Labute approximate surface area is 196 Å². The number of benzene rings is 1. The van der Waals surface area contributed by atoms with Crippen molar-refractivity contribution in [2.24, 2.45) is 0 Å². The number of hydrogen-bond donors (Lipinski definition) is 1. The molecule has 4 aromatic heterocycles. The fourth-order valence-corrected chi connectivity index (χ4v) is 4.35. The molecule has 0 saturated carbocycles. The molecule has 0 aliphatic heterocycles. The van der Waals surface area contributed by atoms with Crippen molar-refractivity contribution in [1.29, 1.82) is 5.26 Å². The predicted molar refractivity (Wildman–Crippen MR) is 130 cm³/mol. The van der Waals surface area contributed by atoms with Gasteiger partial charge in [-0.05, 0) is 58.9 Å². The fourth-order valence-electron chi connectivity index (χ4n) is 4.35. The van der Waals surface area contributed by atoms with E-state index in [0.717, 1.165) is 55.8 Å². The molecule has 0 fully saturated rings. The smallest absolute Gasteiger partial charge is 0.142 e. The van der Waals surface area contributed by atoms with Gasteiger partial charge in [-0.25, -0.2) is 9.97 Å². The highest BCUT2D eigenvalue weighted by Gasteiger charge is 2.24. The summed E-state index contributed by atoms with van der Waals surface area (Å²) in [5.41, 5.74) is 5.86. The zero-order valence-electron chi connectivity index (χ0n) is 19.9. The van der Waals surface area contributed by atoms with E-state index in [1.807, 2.05) is 58.9 Å². The van der Waals surface area contributed by atoms with Gasteiger partial charge in [0.05, 0.1) is 46.6 Å². The van der Waals surface area contributed by atoms with E-state index >= 15 is 0 Å². The number of ether oxygens (including phenoxy) is 1. The van der Waals surface area contributed by atoms with Gasteiger partial charge in [-0.15, -0.1) is 0 Å². The van der Waals surface area contributed by atoms with E-state index in [-0.39, 0.29) is 0 Å². The highest BCUT2D eigenvalue weighted by atomic mass is 16.5. The Morgan fingerprint density at radius 1 is 1.12 bits per heavy atom. The number of methoxy groups -OCH3 is 1. The molecule has 0 aliphatic carbocycles. The minimum atomic E-state index is -0.718. The molecule has 0 unspecified atom stereocenters. The summed E-state index contributed by atoms with van der Waals surface area (Å²) >= 11 is 0. The summed E-state index contributed by atoms with van der Waals surface area (Å²) in [7, 11) is 1.65. The maximum atomic E-state index is 9.59. The lowest BCUT2D eigenvalue weighted by atomic mass is 9.89. The molecule has 8 heteroatoms. The molecule has 0 amide bonds. The van der Waals surface area contributed by atoms with Gasteiger partial charge in [0.15, 0.2) is 0 Å². The van der Waals surface area contributed by atoms with Crippen molar-refractivity contribution in [2.75, 3.05) is 7.11 Å². The molecule has 170 valence electrons. The van der Waals surface area contributed by atoms with Crippen LogP contribution < -0.4 is 4.74 Å². The summed E-state index contributed by atoms with van der Waals surface area (Å²) in [5, 5.41) is 15.5. The van der Waals surface area contributed by atoms with Crippen molar-refractivity contribution in [3.8, 4) is 34.2 Å². The number of nitrogens with one attached hydrogen (secondary N) is 1. The maximum Gasteiger partial charge on any atom is 0.142 e. The highest BCUT2D eigenvalue weighted by molar-refractivity contribution is 6.13. The third kappa shape index (κ3) is 3.28. The zero-order chi connectivity index (χ0) is 24.2. The van der Waals surface area contributed by atoms with Gasteiger partial charge in [0.1, 0.15) is 23.0 Å². The summed E-state index contributed by atoms with van der Waals surface area (Å²) in [6, 6.07) is 10.2. The van der Waals surface area contributed by atoms with E-state index in [4.69, 9.17) is 14.2 Å². The molecule has 1 aromatic carbocycles. The molecule has 8 nitrogen and oxygen atoms in total. The predicted octanol–water partition coefficient (Wildman–Crippen LogP) is 5.56. The van der Waals surface area contributed by atoms with Crippen LogP contribution in [0.2, 0.25) is 0 Å². The van der Waals surface area contributed by atoms with Crippen LogP contribution in [0, 0.1) is 32.1 Å². The van der Waals surface area contributed by atoms with Crippen LogP contribution in [0.25, 0.3) is 44.3 Å². The first-order valence-corrected chi connectivity index (χ1v) is 10.9. The van der Waals surface area contributed by atoms with Gasteiger partial charge >= 0.3 is 0 Å². The van der Waals surface area contributed by atoms with Crippen molar-refractivity contribution >= 4 is 21.9 Å². The van der Waals surface area contributed by atoms with E-state index < -0.39 is 5.41 Å². The molecule has 0 aliphatic rings. The van der Waals surface area contributed by atoms with Gasteiger partial charge < -0.3 is 14.2 Å². The Hall–Kier alpha value is -4.25. The summed E-state index contributed by atoms with van der Waals surface area (Å²) < 4.78 is 11.2. The number of hydrogen-bond acceptors (Lipinski definition) is 7. The fraction of sp³-hybridized carbons (Fsp3) is 0.269. The summed E-state index contributed by atoms with van der Waals surface area (Å²) in [5.74, 6) is 2.08. The molecule has 5 aromatic rings. The van der Waals surface area contributed by atoms with E-state index in [0.29, 0.717) is 17.3 Å². The van der Waals surface area contributed by atoms with Crippen LogP contribution in [0.5, 0.6) is 5.75 Å². The van der Waals surface area contributed by atoms with E-state index in [2.05, 4.69) is 26.2 Å². The van der Waals surface area contributed by atoms with Crippen molar-refractivity contribution in [3.05, 3.63) is 53.4 Å². The molecule has 34 heavy (non-hydrogen) atoms. The number of nitrogens with zero attached hydrogens (tertiary/aromatic N) is 5. The number of aryl methyl sites for hydroxylation is 3. The van der Waals surface area contributed by atoms with E-state index in [1.54, 1.807) is 13.3 Å². The van der Waals surface area contributed by atoms with Crippen LogP contribution >= 0.6 is 0 Å². The van der Waals surface area contributed by atoms with Crippen LogP contribution in [0.1, 0.15) is 36.8 Å². The van der Waals surface area contributed by atoms with Crippen LogP contribution in [0.3, 0.4) is 0 Å². The van der Waals surface area contributed by atoms with Gasteiger partial charge in [0.2, 0.25) is 0 Å². The Balaban J connectivity index is 1.81. The van der Waals surface area contributed by atoms with Gasteiger partial charge in [-0.2, -0.15) is 5.26 Å². The summed E-state index contributed by atoms with van der Waals surface area (Å²) in [6.07, 6.45) is 1.72. The Bertz CT molecular complexity index is 1600. The monoisotopic (exact) mass is 452 g/mol. The van der Waals surface area contributed by atoms with Crippen LogP contribution in [-0.4, -0.2) is 32.2 Å². The number of aromatic amines is 1. The van der Waals surface area contributed by atoms with Gasteiger partial charge in [0, 0.05) is 28.2 Å². The van der Waals surface area contributed by atoms with Crippen LogP contribution in [-0.2, 0) is 5.41 Å². The highest BCUT2D eigenvalue weighted by Crippen LogP contribution is 2.41. The van der Waals surface area contributed by atoms with Gasteiger partial charge in [-0.3, -0.25) is 4.98 Å². The second-order valence-corrected chi connectivity index (χ2v) is 8.93. The zero-order valence-corrected chi connectivity index (χ0v) is 19.9. The van der Waals surface area contributed by atoms with Crippen LogP contribution in [0.15, 0.2) is 35.0 Å². The molecule has 0 spiro atoms. The molecule has 0 radical (unpaired) electrons. The normalized spacial score (nSPS) is 11.8. The first kappa shape index (κ1) is 21.6. The Morgan fingerprint density at radius 2 is 1.91 bits per heavy atom. The molecule has 0 bridgehead atoms. The number of aromatic nitrogens is 5. The largest absolute Gasteiger partial charge is 0.496 e. The first-order chi connectivity index (χ1) is 16.2. The average Bonchev–Trinajstić information content (AvgIpc) is 3.35. The van der Waals surface area contributed by atoms with E-state index in [9.17, 15) is 5.26 Å². The average molecular weight is 453 g/mol. The molecular weight excluding hydrogens is 428 g/mol. The Morgan fingerprint density at radius 3 is 2.59 bits per heavy atom. The lowest BCUT2D eigenvalue weighted by Gasteiger charge is -2.15. The van der Waals surface area contributed by atoms with Crippen molar-refractivity contribution in [1.82, 2.24) is 25.1 Å². The summed E-state index contributed by atoms with van der Waals surface area (Å²) in [6.45, 7) is 9.38. The second kappa shape index (κ2) is 7.66. The maximum absolute atomic E-state index is 9.59. The minimum Gasteiger partial charge on any atom is -0.496 e. The minimum absolute atomic E-state index is 0.643. The number of nitriles is 1. The molecule has 4 heterocycles. The lowest BCUT2D eigenvalue weighted by Crippen LogP contribution is -2.15. The third-order valence-electron chi connectivity index (χ3n) is 6.14. The number of H-pyrrole nitrogens is 1. The second-order valence-electron chi connectivity index (χ2n) is 8.93. The molecule has 0 atom stereocenters. The standard InChI is InChI=1S/C26H24N6O2/c1-13-22(14(2)34-32-13)18-10-19-17(11-20(18)33-6)23-24(29-15(3)30-25(23)31-19)16-7-8-28-21(9-16)26(4,5)12-27/h7-11H,1-6H3,(H,29,30,31). The van der Waals surface area contributed by atoms with Crippen molar-refractivity contribution < 1.29 is 9.26 Å². The van der Waals surface area contributed by atoms with Gasteiger partial charge in [0.25, 0.3) is 0 Å².